The Labute approximate surface area is 98.0 Å². The summed E-state index contributed by atoms with van der Waals surface area (Å²) in [5.41, 5.74) is 11.4. The van der Waals surface area contributed by atoms with Gasteiger partial charge in [-0.2, -0.15) is 4.98 Å². The molecule has 0 aliphatic carbocycles. The molecule has 1 heterocycles. The van der Waals surface area contributed by atoms with Gasteiger partial charge in [-0.3, -0.25) is 4.79 Å². The van der Waals surface area contributed by atoms with Crippen molar-refractivity contribution in [2.45, 2.75) is 6.42 Å². The normalized spacial score (nSPS) is 10.4. The minimum absolute atomic E-state index is 0.199. The molecule has 2 rings (SSSR count). The molecule has 0 saturated carbocycles. The number of nitrogens with zero attached hydrogens (tertiary/aromatic N) is 2. The van der Waals surface area contributed by atoms with E-state index in [1.54, 1.807) is 0 Å². The molecular formula is C11H13N5O. The molecule has 1 amide bonds. The number of aromatic nitrogens is 2. The number of nitrogens with two attached hydrogens (primary N) is 2. The van der Waals surface area contributed by atoms with Gasteiger partial charge in [0.15, 0.2) is 0 Å². The summed E-state index contributed by atoms with van der Waals surface area (Å²) in [5, 5.41) is 3.89. The van der Waals surface area contributed by atoms with E-state index < -0.39 is 0 Å². The van der Waals surface area contributed by atoms with Crippen molar-refractivity contribution in [1.29, 1.82) is 0 Å². The Hall–Kier alpha value is -2.37. The van der Waals surface area contributed by atoms with Crippen molar-refractivity contribution in [1.82, 2.24) is 9.97 Å². The second kappa shape index (κ2) is 4.65. The van der Waals surface area contributed by atoms with Crippen LogP contribution in [0.15, 0.2) is 24.3 Å². The van der Waals surface area contributed by atoms with Gasteiger partial charge in [-0.25, -0.2) is 4.98 Å². The molecule has 5 N–H and O–H groups in total. The Morgan fingerprint density at radius 2 is 2.06 bits per heavy atom. The fourth-order valence-corrected chi connectivity index (χ4v) is 1.53. The van der Waals surface area contributed by atoms with Crippen LogP contribution in [0.5, 0.6) is 0 Å². The van der Waals surface area contributed by atoms with E-state index in [9.17, 15) is 4.79 Å². The first-order valence-corrected chi connectivity index (χ1v) is 5.21. The van der Waals surface area contributed by atoms with Gasteiger partial charge in [0.25, 0.3) is 0 Å². The van der Waals surface area contributed by atoms with Gasteiger partial charge < -0.3 is 16.8 Å². The fraction of sp³-hybridized carbons (Fsp3) is 0.182. The van der Waals surface area contributed by atoms with Crippen molar-refractivity contribution in [3.63, 3.8) is 0 Å². The first-order valence-electron chi connectivity index (χ1n) is 5.21. The Morgan fingerprint density at radius 1 is 1.29 bits per heavy atom. The van der Waals surface area contributed by atoms with Crippen molar-refractivity contribution in [2.75, 3.05) is 17.6 Å². The highest BCUT2D eigenvalue weighted by molar-refractivity contribution is 5.90. The molecule has 1 aromatic carbocycles. The van der Waals surface area contributed by atoms with Gasteiger partial charge in [-0.05, 0) is 12.1 Å². The molecule has 0 spiro atoms. The van der Waals surface area contributed by atoms with Crippen molar-refractivity contribution in [2.24, 2.45) is 5.73 Å². The van der Waals surface area contributed by atoms with Gasteiger partial charge in [0.1, 0.15) is 5.82 Å². The molecule has 0 bridgehead atoms. The third-order valence-electron chi connectivity index (χ3n) is 2.28. The maximum atomic E-state index is 10.6. The third-order valence-corrected chi connectivity index (χ3v) is 2.28. The number of amides is 1. The van der Waals surface area contributed by atoms with Crippen LogP contribution in [0.25, 0.3) is 10.9 Å². The van der Waals surface area contributed by atoms with Crippen LogP contribution in [-0.4, -0.2) is 22.4 Å². The van der Waals surface area contributed by atoms with Crippen LogP contribution in [-0.2, 0) is 4.79 Å². The third kappa shape index (κ3) is 2.60. The molecule has 0 aliphatic rings. The SMILES string of the molecule is NC(=O)CCNc1nc(N)nc2ccccc12. The number of benzene rings is 1. The lowest BCUT2D eigenvalue weighted by Gasteiger charge is -2.08. The zero-order valence-electron chi connectivity index (χ0n) is 9.18. The number of primary amides is 1. The van der Waals surface area contributed by atoms with E-state index in [2.05, 4.69) is 15.3 Å². The van der Waals surface area contributed by atoms with E-state index in [-0.39, 0.29) is 18.3 Å². The van der Waals surface area contributed by atoms with E-state index in [1.165, 1.54) is 0 Å². The molecule has 0 saturated heterocycles. The summed E-state index contributed by atoms with van der Waals surface area (Å²) < 4.78 is 0. The van der Waals surface area contributed by atoms with E-state index in [4.69, 9.17) is 11.5 Å². The molecular weight excluding hydrogens is 218 g/mol. The predicted molar refractivity (Wildman–Crippen MR) is 66.3 cm³/mol. The lowest BCUT2D eigenvalue weighted by Crippen LogP contribution is -2.16. The zero-order chi connectivity index (χ0) is 12.3. The van der Waals surface area contributed by atoms with Crippen LogP contribution in [0.2, 0.25) is 0 Å². The van der Waals surface area contributed by atoms with Gasteiger partial charge in [-0.1, -0.05) is 12.1 Å². The van der Waals surface area contributed by atoms with Crippen LogP contribution < -0.4 is 16.8 Å². The molecule has 0 fully saturated rings. The molecule has 0 radical (unpaired) electrons. The highest BCUT2D eigenvalue weighted by Gasteiger charge is 2.05. The number of fused-ring (bicyclic) bond motifs is 1. The summed E-state index contributed by atoms with van der Waals surface area (Å²) in [4.78, 5) is 18.9. The summed E-state index contributed by atoms with van der Waals surface area (Å²) in [6.07, 6.45) is 0.248. The van der Waals surface area contributed by atoms with Gasteiger partial charge in [0.05, 0.1) is 5.52 Å². The largest absolute Gasteiger partial charge is 0.370 e. The van der Waals surface area contributed by atoms with E-state index in [1.807, 2.05) is 24.3 Å². The molecule has 88 valence electrons. The molecule has 0 unspecified atom stereocenters. The maximum absolute atomic E-state index is 10.6. The summed E-state index contributed by atoms with van der Waals surface area (Å²) in [6.45, 7) is 0.426. The Morgan fingerprint density at radius 3 is 2.82 bits per heavy atom. The zero-order valence-corrected chi connectivity index (χ0v) is 9.18. The summed E-state index contributed by atoms with van der Waals surface area (Å²) in [6, 6.07) is 7.51. The van der Waals surface area contributed by atoms with Crippen molar-refractivity contribution in [3.8, 4) is 0 Å². The number of rotatable bonds is 4. The van der Waals surface area contributed by atoms with Crippen LogP contribution >= 0.6 is 0 Å². The number of nitrogens with one attached hydrogen (secondary N) is 1. The molecule has 6 heteroatoms. The number of carbonyl (C=O) groups excluding carboxylic acids is 1. The first-order chi connectivity index (χ1) is 8.16. The van der Waals surface area contributed by atoms with E-state index in [0.717, 1.165) is 10.9 Å². The van der Waals surface area contributed by atoms with Gasteiger partial charge in [0, 0.05) is 18.4 Å². The minimum atomic E-state index is -0.358. The van der Waals surface area contributed by atoms with Crippen LogP contribution in [0.1, 0.15) is 6.42 Å². The predicted octanol–water partition coefficient (Wildman–Crippen LogP) is 0.499. The number of nitrogen functional groups attached to an aromatic ring is 1. The second-order valence-electron chi connectivity index (χ2n) is 3.59. The standard InChI is InChI=1S/C11H13N5O/c12-9(17)5-6-14-10-7-3-1-2-4-8(7)15-11(13)16-10/h1-4H,5-6H2,(H2,12,17)(H3,13,14,15,16). The Kier molecular flexibility index (Phi) is 3.04. The average molecular weight is 231 g/mol. The van der Waals surface area contributed by atoms with Crippen molar-refractivity contribution >= 4 is 28.6 Å². The van der Waals surface area contributed by atoms with E-state index >= 15 is 0 Å². The molecule has 1 aromatic heterocycles. The number of carbonyl (C=O) groups is 1. The monoisotopic (exact) mass is 231 g/mol. The number of hydrogen-bond donors (Lipinski definition) is 3. The first kappa shape index (κ1) is 11.1. The lowest BCUT2D eigenvalue weighted by molar-refractivity contribution is -0.117. The lowest BCUT2D eigenvalue weighted by atomic mass is 10.2. The molecule has 6 nitrogen and oxygen atoms in total. The van der Waals surface area contributed by atoms with Gasteiger partial charge >= 0.3 is 0 Å². The molecule has 0 aliphatic heterocycles. The highest BCUT2D eigenvalue weighted by Crippen LogP contribution is 2.20. The van der Waals surface area contributed by atoms with Crippen molar-refractivity contribution < 1.29 is 4.79 Å². The van der Waals surface area contributed by atoms with Gasteiger partial charge in [-0.15, -0.1) is 0 Å². The molecule has 2 aromatic rings. The van der Waals surface area contributed by atoms with E-state index in [0.29, 0.717) is 12.4 Å². The molecule has 17 heavy (non-hydrogen) atoms. The Balaban J connectivity index is 2.29. The summed E-state index contributed by atoms with van der Waals surface area (Å²) in [5.74, 6) is 0.462. The smallest absolute Gasteiger partial charge is 0.222 e. The Bertz CT molecular complexity index is 555. The number of hydrogen-bond acceptors (Lipinski definition) is 5. The average Bonchev–Trinajstić information content (AvgIpc) is 2.28. The van der Waals surface area contributed by atoms with Crippen LogP contribution in [0.3, 0.4) is 0 Å². The second-order valence-corrected chi connectivity index (χ2v) is 3.59. The quantitative estimate of drug-likeness (QED) is 0.710. The number of anilines is 2. The van der Waals surface area contributed by atoms with Gasteiger partial charge in [0.2, 0.25) is 11.9 Å². The number of para-hydroxylation sites is 1. The topological polar surface area (TPSA) is 107 Å². The summed E-state index contributed by atoms with van der Waals surface area (Å²) in [7, 11) is 0. The summed E-state index contributed by atoms with van der Waals surface area (Å²) >= 11 is 0. The van der Waals surface area contributed by atoms with Crippen LogP contribution in [0, 0.1) is 0 Å². The highest BCUT2D eigenvalue weighted by atomic mass is 16.1. The minimum Gasteiger partial charge on any atom is -0.370 e. The maximum Gasteiger partial charge on any atom is 0.222 e. The van der Waals surface area contributed by atoms with Crippen LogP contribution in [0.4, 0.5) is 11.8 Å². The fourth-order valence-electron chi connectivity index (χ4n) is 1.53. The van der Waals surface area contributed by atoms with Crippen molar-refractivity contribution in [3.05, 3.63) is 24.3 Å². The molecule has 0 atom stereocenters.